The predicted molar refractivity (Wildman–Crippen MR) is 90.7 cm³/mol. The molecule has 6 rings (SSSR count). The molecular weight excluding hydrogens is 384 g/mol. The quantitative estimate of drug-likeness (QED) is 0.774. The zero-order valence-corrected chi connectivity index (χ0v) is 15.0. The average molecular weight is 401 g/mol. The minimum Gasteiger partial charge on any atom is -0.272 e. The van der Waals surface area contributed by atoms with Gasteiger partial charge in [0, 0.05) is 10.0 Å². The van der Waals surface area contributed by atoms with Crippen LogP contribution in [0.4, 0.5) is 0 Å². The van der Waals surface area contributed by atoms with Crippen molar-refractivity contribution >= 4 is 33.7 Å². The highest BCUT2D eigenvalue weighted by Crippen LogP contribution is 2.87. The molecule has 1 N–H and O–H groups in total. The summed E-state index contributed by atoms with van der Waals surface area (Å²) in [6, 6.07) is 6.87. The first-order valence-corrected chi connectivity index (χ1v) is 9.77. The van der Waals surface area contributed by atoms with Crippen LogP contribution < -0.4 is 5.43 Å². The second-order valence-corrected chi connectivity index (χ2v) is 9.22. The van der Waals surface area contributed by atoms with Gasteiger partial charge in [-0.05, 0) is 72.6 Å². The fourth-order valence-corrected chi connectivity index (χ4v) is 7.04. The van der Waals surface area contributed by atoms with Gasteiger partial charge in [0.25, 0.3) is 17.7 Å². The summed E-state index contributed by atoms with van der Waals surface area (Å²) in [6.07, 6.45) is 3.51. The first-order chi connectivity index (χ1) is 12.0. The molecule has 1 heterocycles. The number of carbonyl (C=O) groups excluding carboxylic acids is 3. The number of imide groups is 1. The van der Waals surface area contributed by atoms with E-state index < -0.39 is 5.91 Å². The van der Waals surface area contributed by atoms with Crippen molar-refractivity contribution in [2.45, 2.75) is 19.3 Å². The third-order valence-electron chi connectivity index (χ3n) is 7.73. The molecule has 7 atom stereocenters. The predicted octanol–water partition coefficient (Wildman–Crippen LogP) is 2.37. The monoisotopic (exact) mass is 400 g/mol. The van der Waals surface area contributed by atoms with Gasteiger partial charge in [0.1, 0.15) is 0 Å². The summed E-state index contributed by atoms with van der Waals surface area (Å²) in [5.41, 5.74) is 3.32. The Morgan fingerprint density at radius 1 is 1.12 bits per heavy atom. The number of benzene rings is 1. The highest BCUT2D eigenvalue weighted by atomic mass is 79.9. The highest BCUT2D eigenvalue weighted by Gasteiger charge is 2.85. The number of carbonyl (C=O) groups is 3. The molecule has 3 amide bonds. The van der Waals surface area contributed by atoms with E-state index >= 15 is 0 Å². The molecule has 5 fully saturated rings. The number of nitrogens with one attached hydrogen (secondary N) is 1. The van der Waals surface area contributed by atoms with Gasteiger partial charge in [0.15, 0.2) is 0 Å². The fourth-order valence-electron chi connectivity index (χ4n) is 6.78. The van der Waals surface area contributed by atoms with Gasteiger partial charge in [-0.25, -0.2) is 0 Å². The van der Waals surface area contributed by atoms with Crippen molar-refractivity contribution in [2.24, 2.45) is 40.9 Å². The lowest BCUT2D eigenvalue weighted by atomic mass is 9.47. The molecule has 4 aliphatic carbocycles. The zero-order valence-electron chi connectivity index (χ0n) is 13.4. The summed E-state index contributed by atoms with van der Waals surface area (Å²) in [5.74, 6) is 1.07. The summed E-state index contributed by atoms with van der Waals surface area (Å²) in [5, 5.41) is 1.03. The van der Waals surface area contributed by atoms with Crippen molar-refractivity contribution in [1.82, 2.24) is 10.4 Å². The molecule has 128 valence electrons. The average Bonchev–Trinajstić information content (AvgIpc) is 3.18. The normalized spacial score (nSPS) is 44.9. The van der Waals surface area contributed by atoms with Crippen molar-refractivity contribution in [2.75, 3.05) is 0 Å². The summed E-state index contributed by atoms with van der Waals surface area (Å²) in [7, 11) is 0. The smallest absolute Gasteiger partial charge is 0.270 e. The Balaban J connectivity index is 1.28. The summed E-state index contributed by atoms with van der Waals surface area (Å²) < 4.78 is 0.872. The largest absolute Gasteiger partial charge is 0.272 e. The molecule has 5 nitrogen and oxygen atoms in total. The van der Waals surface area contributed by atoms with E-state index in [0.717, 1.165) is 21.8 Å². The van der Waals surface area contributed by atoms with Crippen LogP contribution in [-0.2, 0) is 9.59 Å². The Hall–Kier alpha value is -1.69. The SMILES string of the molecule is O=C(NN1C(=O)[C@@H]2C3CCC34C3CC3C4[C@@H]2C1=O)c1ccc(Br)cc1. The van der Waals surface area contributed by atoms with Gasteiger partial charge >= 0.3 is 0 Å². The van der Waals surface area contributed by atoms with Crippen molar-refractivity contribution in [3.63, 3.8) is 0 Å². The summed E-state index contributed by atoms with van der Waals surface area (Å²) in [4.78, 5) is 38.3. The lowest BCUT2D eigenvalue weighted by molar-refractivity contribution is -0.154. The molecular formula is C19H17BrN2O3. The number of nitrogens with zero attached hydrogens (tertiary/aromatic N) is 1. The molecule has 1 spiro atoms. The van der Waals surface area contributed by atoms with Gasteiger partial charge < -0.3 is 0 Å². The Kier molecular flexibility index (Phi) is 2.51. The molecule has 6 heteroatoms. The number of hydrazine groups is 1. The first-order valence-electron chi connectivity index (χ1n) is 8.98. The third-order valence-corrected chi connectivity index (χ3v) is 8.26. The van der Waals surface area contributed by atoms with E-state index in [9.17, 15) is 14.4 Å². The van der Waals surface area contributed by atoms with Crippen LogP contribution in [0, 0.1) is 40.9 Å². The molecule has 1 saturated heterocycles. The van der Waals surface area contributed by atoms with E-state index in [1.54, 1.807) is 24.3 Å². The van der Waals surface area contributed by atoms with Crippen molar-refractivity contribution in [3.8, 4) is 0 Å². The van der Waals surface area contributed by atoms with Crippen molar-refractivity contribution in [1.29, 1.82) is 0 Å². The molecule has 5 aliphatic rings. The molecule has 0 radical (unpaired) electrons. The fraction of sp³-hybridized carbons (Fsp3) is 0.526. The number of hydrogen-bond donors (Lipinski definition) is 1. The second kappa shape index (κ2) is 4.34. The van der Waals surface area contributed by atoms with Gasteiger partial charge in [-0.2, -0.15) is 5.01 Å². The summed E-state index contributed by atoms with van der Waals surface area (Å²) >= 11 is 3.33. The number of halogens is 1. The van der Waals surface area contributed by atoms with Crippen LogP contribution in [0.25, 0.3) is 0 Å². The van der Waals surface area contributed by atoms with Gasteiger partial charge in [0.05, 0.1) is 11.8 Å². The van der Waals surface area contributed by atoms with Crippen LogP contribution in [0.5, 0.6) is 0 Å². The Bertz CT molecular complexity index is 853. The van der Waals surface area contributed by atoms with E-state index in [1.807, 2.05) is 0 Å². The maximum atomic E-state index is 13.0. The Morgan fingerprint density at radius 2 is 1.84 bits per heavy atom. The topological polar surface area (TPSA) is 66.5 Å². The molecule has 1 aliphatic heterocycles. The molecule has 25 heavy (non-hydrogen) atoms. The van der Waals surface area contributed by atoms with Gasteiger partial charge in [-0.1, -0.05) is 15.9 Å². The van der Waals surface area contributed by atoms with Crippen LogP contribution in [0.1, 0.15) is 29.6 Å². The van der Waals surface area contributed by atoms with E-state index in [4.69, 9.17) is 0 Å². The van der Waals surface area contributed by atoms with E-state index in [0.29, 0.717) is 28.7 Å². The van der Waals surface area contributed by atoms with Crippen LogP contribution in [-0.4, -0.2) is 22.7 Å². The van der Waals surface area contributed by atoms with Crippen molar-refractivity contribution in [3.05, 3.63) is 34.3 Å². The number of hydrogen-bond acceptors (Lipinski definition) is 3. The minimum absolute atomic E-state index is 0.176. The number of amides is 3. The van der Waals surface area contributed by atoms with Crippen LogP contribution in [0.3, 0.4) is 0 Å². The number of rotatable bonds is 2. The van der Waals surface area contributed by atoms with Crippen LogP contribution in [0.15, 0.2) is 28.7 Å². The zero-order chi connectivity index (χ0) is 17.1. The van der Waals surface area contributed by atoms with E-state index in [-0.39, 0.29) is 23.7 Å². The maximum Gasteiger partial charge on any atom is 0.270 e. The van der Waals surface area contributed by atoms with Gasteiger partial charge in [0.2, 0.25) is 0 Å². The standard InChI is InChI=1S/C19H17BrN2O3/c20-9-3-1-8(2-4-9)16(23)21-22-17(24)13-11-5-6-19(11)12-7-10(12)15(19)14(13)18(22)25/h1-4,10-15H,5-7H2,(H,21,23)/t10?,11?,12?,13-,14-,15?,19?/m1/s1. The maximum absolute atomic E-state index is 13.0. The van der Waals surface area contributed by atoms with Crippen LogP contribution in [0.2, 0.25) is 0 Å². The van der Waals surface area contributed by atoms with Gasteiger partial charge in [-0.3, -0.25) is 19.8 Å². The third kappa shape index (κ3) is 1.50. The lowest BCUT2D eigenvalue weighted by Gasteiger charge is -2.57. The minimum atomic E-state index is -0.410. The molecule has 0 bridgehead atoms. The highest BCUT2D eigenvalue weighted by molar-refractivity contribution is 9.10. The van der Waals surface area contributed by atoms with E-state index in [1.165, 1.54) is 12.8 Å². The molecule has 4 saturated carbocycles. The van der Waals surface area contributed by atoms with Crippen LogP contribution >= 0.6 is 15.9 Å². The molecule has 1 aromatic rings. The Morgan fingerprint density at radius 3 is 2.52 bits per heavy atom. The summed E-state index contributed by atoms with van der Waals surface area (Å²) in [6.45, 7) is 0. The Labute approximate surface area is 153 Å². The lowest BCUT2D eigenvalue weighted by Crippen LogP contribution is -2.56. The van der Waals surface area contributed by atoms with Crippen molar-refractivity contribution < 1.29 is 14.4 Å². The molecule has 5 unspecified atom stereocenters. The number of fused-ring (bicyclic) bond motifs is 5. The van der Waals surface area contributed by atoms with Gasteiger partial charge in [-0.15, -0.1) is 0 Å². The second-order valence-electron chi connectivity index (χ2n) is 8.30. The van der Waals surface area contributed by atoms with E-state index in [2.05, 4.69) is 21.4 Å². The first kappa shape index (κ1) is 14.5. The molecule has 0 aromatic heterocycles. The molecule has 1 aromatic carbocycles.